The molecule has 0 aliphatic heterocycles. The largest absolute Gasteiger partial charge is 0.453 e. The highest BCUT2D eigenvalue weighted by Gasteiger charge is 2.26. The second-order valence-corrected chi connectivity index (χ2v) is 18.0. The number of aromatic nitrogens is 2. The van der Waals surface area contributed by atoms with Gasteiger partial charge in [-0.1, -0.05) is 50.0 Å². The number of nitrogens with two attached hydrogens (primary N) is 1. The summed E-state index contributed by atoms with van der Waals surface area (Å²) in [6.45, 7) is 13.6. The van der Waals surface area contributed by atoms with Gasteiger partial charge in [0.25, 0.3) is 0 Å². The van der Waals surface area contributed by atoms with Crippen molar-refractivity contribution in [3.63, 3.8) is 0 Å². The number of carbonyl (C=O) groups excluding carboxylic acids is 2. The smallest absolute Gasteiger partial charge is 0.411 e. The molecule has 0 radical (unpaired) electrons. The van der Waals surface area contributed by atoms with Crippen LogP contribution in [-0.2, 0) is 32.3 Å². The zero-order valence-electron chi connectivity index (χ0n) is 26.2. The van der Waals surface area contributed by atoms with E-state index >= 15 is 0 Å². The van der Waals surface area contributed by atoms with E-state index in [-0.39, 0.29) is 13.3 Å². The monoisotopic (exact) mass is 611 g/mol. The third-order valence-electron chi connectivity index (χ3n) is 6.19. The van der Waals surface area contributed by atoms with Crippen LogP contribution in [0.4, 0.5) is 21.0 Å². The number of nitrogens with one attached hydrogen (secondary N) is 2. The van der Waals surface area contributed by atoms with E-state index in [0.717, 1.165) is 11.6 Å². The van der Waals surface area contributed by atoms with Crippen LogP contribution in [0.1, 0.15) is 38.2 Å². The molecule has 0 unspecified atom stereocenters. The number of nitrogen functional groups attached to an aromatic ring is 1. The van der Waals surface area contributed by atoms with Gasteiger partial charge in [0, 0.05) is 37.8 Å². The van der Waals surface area contributed by atoms with Crippen molar-refractivity contribution < 1.29 is 28.5 Å². The summed E-state index contributed by atoms with van der Waals surface area (Å²) in [6, 6.07) is 15.3. The Morgan fingerprint density at radius 2 is 1.77 bits per heavy atom. The van der Waals surface area contributed by atoms with E-state index in [4.69, 9.17) is 24.9 Å². The van der Waals surface area contributed by atoms with Crippen molar-refractivity contribution in [2.75, 3.05) is 31.4 Å². The first-order chi connectivity index (χ1) is 20.2. The summed E-state index contributed by atoms with van der Waals surface area (Å²) in [5.74, 6) is 0.526. The summed E-state index contributed by atoms with van der Waals surface area (Å²) in [5, 5.41) is 5.54. The van der Waals surface area contributed by atoms with E-state index in [1.54, 1.807) is 39.0 Å². The summed E-state index contributed by atoms with van der Waals surface area (Å²) in [6.07, 6.45) is 0.652. The average Bonchev–Trinajstić information content (AvgIpc) is 3.33. The number of anilines is 2. The molecule has 3 aromatic rings. The Labute approximate surface area is 255 Å². The van der Waals surface area contributed by atoms with Crippen molar-refractivity contribution in [3.8, 4) is 11.3 Å². The molecule has 1 aromatic heterocycles. The van der Waals surface area contributed by atoms with Crippen LogP contribution >= 0.6 is 0 Å². The van der Waals surface area contributed by atoms with Crippen LogP contribution < -0.4 is 16.4 Å². The van der Waals surface area contributed by atoms with Gasteiger partial charge in [0.1, 0.15) is 24.2 Å². The lowest BCUT2D eigenvalue weighted by molar-refractivity contribution is 0.0398. The zero-order chi connectivity index (χ0) is 31.6. The van der Waals surface area contributed by atoms with Crippen LogP contribution in [0.5, 0.6) is 0 Å². The molecule has 0 bridgehead atoms. The topological polar surface area (TPSA) is 139 Å². The van der Waals surface area contributed by atoms with Crippen LogP contribution in [0.15, 0.2) is 54.7 Å². The lowest BCUT2D eigenvalue weighted by atomic mass is 10.1. The SMILES string of the molecule is COC(=O)Nc1ccc(-c2cn(COCC[Si](C)(C)C)c([C@H](COCc3ccccc3)NC(=O)OC(C)(C)C)n2)c(N)c1. The lowest BCUT2D eigenvalue weighted by Crippen LogP contribution is -2.38. The van der Waals surface area contributed by atoms with Crippen LogP contribution in [-0.4, -0.2) is 55.7 Å². The average molecular weight is 612 g/mol. The predicted octanol–water partition coefficient (Wildman–Crippen LogP) is 6.41. The number of methoxy groups -OCH3 is 1. The van der Waals surface area contributed by atoms with E-state index < -0.39 is 31.9 Å². The van der Waals surface area contributed by atoms with Crippen LogP contribution in [0.2, 0.25) is 25.7 Å². The highest BCUT2D eigenvalue weighted by Crippen LogP contribution is 2.30. The number of benzene rings is 2. The lowest BCUT2D eigenvalue weighted by Gasteiger charge is -2.24. The van der Waals surface area contributed by atoms with Crippen molar-refractivity contribution in [2.45, 2.75) is 71.4 Å². The van der Waals surface area contributed by atoms with Crippen LogP contribution in [0.3, 0.4) is 0 Å². The van der Waals surface area contributed by atoms with Crippen molar-refractivity contribution in [2.24, 2.45) is 0 Å². The molecule has 2 amide bonds. The Morgan fingerprint density at radius 1 is 1.05 bits per heavy atom. The third-order valence-corrected chi connectivity index (χ3v) is 7.90. The highest BCUT2D eigenvalue weighted by molar-refractivity contribution is 6.76. The molecule has 0 fully saturated rings. The predicted molar refractivity (Wildman–Crippen MR) is 170 cm³/mol. The number of imidazole rings is 1. The number of nitrogens with zero attached hydrogens (tertiary/aromatic N) is 2. The summed E-state index contributed by atoms with van der Waals surface area (Å²) >= 11 is 0. The molecular formula is C31H45N5O6Si. The van der Waals surface area contributed by atoms with Gasteiger partial charge in [-0.15, -0.1) is 0 Å². The first-order valence-corrected chi connectivity index (χ1v) is 18.0. The molecule has 4 N–H and O–H groups in total. The number of rotatable bonds is 13. The fraction of sp³-hybridized carbons (Fsp3) is 0.452. The van der Waals surface area contributed by atoms with Crippen molar-refractivity contribution in [1.29, 1.82) is 0 Å². The number of carbonyl (C=O) groups is 2. The number of ether oxygens (including phenoxy) is 4. The Morgan fingerprint density at radius 3 is 2.40 bits per heavy atom. The maximum absolute atomic E-state index is 12.9. The Balaban J connectivity index is 1.94. The van der Waals surface area contributed by atoms with Gasteiger partial charge in [0.05, 0.1) is 26.0 Å². The summed E-state index contributed by atoms with van der Waals surface area (Å²) in [5.41, 5.74) is 8.82. The maximum atomic E-state index is 12.9. The summed E-state index contributed by atoms with van der Waals surface area (Å²) in [4.78, 5) is 29.5. The zero-order valence-corrected chi connectivity index (χ0v) is 27.2. The number of alkyl carbamates (subject to hydrolysis) is 1. The maximum Gasteiger partial charge on any atom is 0.411 e. The fourth-order valence-corrected chi connectivity index (χ4v) is 4.78. The third kappa shape index (κ3) is 11.4. The normalized spacial score (nSPS) is 12.4. The minimum absolute atomic E-state index is 0.136. The van der Waals surface area contributed by atoms with Gasteiger partial charge in [-0.25, -0.2) is 14.6 Å². The van der Waals surface area contributed by atoms with E-state index in [1.807, 2.05) is 41.1 Å². The molecule has 1 atom stereocenters. The van der Waals surface area contributed by atoms with Crippen molar-refractivity contribution in [3.05, 3.63) is 66.1 Å². The Bertz CT molecular complexity index is 1350. The minimum Gasteiger partial charge on any atom is -0.453 e. The van der Waals surface area contributed by atoms with Gasteiger partial charge >= 0.3 is 12.2 Å². The van der Waals surface area contributed by atoms with E-state index in [9.17, 15) is 9.59 Å². The molecule has 43 heavy (non-hydrogen) atoms. The molecule has 12 heteroatoms. The second kappa shape index (κ2) is 15.0. The number of hydrogen-bond acceptors (Lipinski definition) is 8. The Hall–Kier alpha value is -3.87. The van der Waals surface area contributed by atoms with Gasteiger partial charge in [0.2, 0.25) is 0 Å². The van der Waals surface area contributed by atoms with Gasteiger partial charge in [-0.3, -0.25) is 5.32 Å². The van der Waals surface area contributed by atoms with Crippen molar-refractivity contribution in [1.82, 2.24) is 14.9 Å². The summed E-state index contributed by atoms with van der Waals surface area (Å²) in [7, 11) is -0.00917. The first-order valence-electron chi connectivity index (χ1n) is 14.2. The van der Waals surface area contributed by atoms with Gasteiger partial charge in [-0.05, 0) is 50.6 Å². The molecule has 0 aliphatic carbocycles. The van der Waals surface area contributed by atoms with Gasteiger partial charge < -0.3 is 34.6 Å². The van der Waals surface area contributed by atoms with Crippen LogP contribution in [0.25, 0.3) is 11.3 Å². The van der Waals surface area contributed by atoms with E-state index in [0.29, 0.717) is 41.7 Å². The second-order valence-electron chi connectivity index (χ2n) is 12.4. The van der Waals surface area contributed by atoms with Gasteiger partial charge in [-0.2, -0.15) is 0 Å². The molecule has 0 spiro atoms. The molecule has 0 saturated heterocycles. The van der Waals surface area contributed by atoms with Gasteiger partial charge in [0.15, 0.2) is 0 Å². The van der Waals surface area contributed by atoms with E-state index in [1.165, 1.54) is 7.11 Å². The van der Waals surface area contributed by atoms with Crippen molar-refractivity contribution >= 4 is 31.6 Å². The molecule has 0 saturated carbocycles. The van der Waals surface area contributed by atoms with Crippen LogP contribution in [0, 0.1) is 0 Å². The molecule has 3 rings (SSSR count). The molecule has 2 aromatic carbocycles. The minimum atomic E-state index is -1.30. The fourth-order valence-electron chi connectivity index (χ4n) is 4.02. The molecule has 1 heterocycles. The standard InChI is InChI=1S/C31H45N5O6Si/c1-31(2,3)42-30(38)35-27(20-41-19-22-11-9-8-10-12-22)28-34-26(18-36(28)21-40-15-16-43(5,6)7)24-14-13-23(17-25(24)32)33-29(37)39-4/h8-14,17-18,27H,15-16,19-21,32H2,1-7H3,(H,33,37)(H,35,38)/t27-/m0/s1. The quantitative estimate of drug-likeness (QED) is 0.115. The molecule has 0 aliphatic rings. The summed E-state index contributed by atoms with van der Waals surface area (Å²) < 4.78 is 24.2. The van der Waals surface area contributed by atoms with E-state index in [2.05, 4.69) is 35.0 Å². The first kappa shape index (κ1) is 33.6. The number of amides is 2. The highest BCUT2D eigenvalue weighted by atomic mass is 28.3. The molecule has 11 nitrogen and oxygen atoms in total. The molecular weight excluding hydrogens is 566 g/mol. The number of hydrogen-bond donors (Lipinski definition) is 3. The molecule has 234 valence electrons. The Kier molecular flexibility index (Phi) is 11.8.